The van der Waals surface area contributed by atoms with Gasteiger partial charge < -0.3 is 47.0 Å². The molecule has 6 aromatic heterocycles. The highest BCUT2D eigenvalue weighted by atomic mass is 35.5. The van der Waals surface area contributed by atoms with Gasteiger partial charge in [0.05, 0.1) is 22.4 Å². The molecule has 1 amide bonds. The number of carboxylic acid groups (broad SMARTS) is 1. The molecule has 3 aromatic carbocycles. The molecule has 0 spiro atoms. The van der Waals surface area contributed by atoms with Gasteiger partial charge in [0, 0.05) is 91.0 Å². The molecule has 398 valence electrons. The van der Waals surface area contributed by atoms with E-state index in [4.69, 9.17) is 50.4 Å². The largest absolute Gasteiger partial charge is 0.465 e. The van der Waals surface area contributed by atoms with Crippen molar-refractivity contribution in [1.29, 1.82) is 0 Å². The van der Waals surface area contributed by atoms with Crippen molar-refractivity contribution in [2.24, 2.45) is 29.4 Å². The monoisotopic (exact) mass is 1120 g/mol. The number of anilines is 4. The lowest BCUT2D eigenvalue weighted by Gasteiger charge is -2.28. The Morgan fingerprint density at radius 1 is 0.679 bits per heavy atom. The molecule has 2 saturated heterocycles. The maximum atomic E-state index is 15.4. The number of nitrogens with two attached hydrogens (primary N) is 3. The van der Waals surface area contributed by atoms with Crippen LogP contribution >= 0.6 is 46.7 Å². The summed E-state index contributed by atoms with van der Waals surface area (Å²) in [5.74, 6) is 2.90. The van der Waals surface area contributed by atoms with Crippen molar-refractivity contribution >= 4 is 98.4 Å². The van der Waals surface area contributed by atoms with E-state index in [-0.39, 0.29) is 53.6 Å². The zero-order valence-electron chi connectivity index (χ0n) is 41.7. The summed E-state index contributed by atoms with van der Waals surface area (Å²) in [5.41, 5.74) is 22.1. The van der Waals surface area contributed by atoms with Crippen molar-refractivity contribution in [3.63, 3.8) is 0 Å². The summed E-state index contributed by atoms with van der Waals surface area (Å²) in [5, 5.41) is 12.4. The minimum Gasteiger partial charge on any atom is -0.465 e. The Bertz CT molecular complexity index is 3730. The molecule has 16 nitrogen and oxygen atoms in total. The molecule has 78 heavy (non-hydrogen) atoms. The van der Waals surface area contributed by atoms with Gasteiger partial charge in [-0.3, -0.25) is 0 Å². The van der Waals surface area contributed by atoms with E-state index in [2.05, 4.69) is 39.7 Å². The quantitative estimate of drug-likeness (QED) is 0.0630. The highest BCUT2D eigenvalue weighted by Gasteiger charge is 2.68. The van der Waals surface area contributed by atoms with Crippen molar-refractivity contribution in [2.75, 3.05) is 60.5 Å². The normalized spacial score (nSPS) is 22.1. The fraction of sp³-hybridized carbons (Fsp3) is 0.268. The number of fused-ring (bicyclic) bond motifs is 4. The number of pyridine rings is 2. The third-order valence-electron chi connectivity index (χ3n) is 16.1. The Labute approximate surface area is 465 Å². The van der Waals surface area contributed by atoms with Crippen molar-refractivity contribution < 1.29 is 18.7 Å². The molecule has 2 aliphatic heterocycles. The molecule has 6 unspecified atom stereocenters. The predicted octanol–water partition coefficient (Wildman–Crippen LogP) is 10.7. The number of aromatic nitrogens is 8. The molecule has 22 heteroatoms. The second kappa shape index (κ2) is 20.9. The second-order valence-electron chi connectivity index (χ2n) is 20.2. The molecular formula is C56H52Cl2F2N14O2S2. The van der Waals surface area contributed by atoms with Gasteiger partial charge in [-0.25, -0.2) is 43.5 Å². The van der Waals surface area contributed by atoms with Crippen LogP contribution in [0.1, 0.15) is 29.5 Å². The molecule has 6 atom stereocenters. The number of aromatic amines is 2. The van der Waals surface area contributed by atoms with Gasteiger partial charge >= 0.3 is 6.09 Å². The number of piperidine rings is 2. The van der Waals surface area contributed by atoms with Crippen molar-refractivity contribution in [1.82, 2.24) is 44.8 Å². The third-order valence-corrected chi connectivity index (χ3v) is 19.1. The van der Waals surface area contributed by atoms with E-state index in [9.17, 15) is 14.3 Å². The predicted molar refractivity (Wildman–Crippen MR) is 301 cm³/mol. The lowest BCUT2D eigenvalue weighted by atomic mass is 9.89. The van der Waals surface area contributed by atoms with Crippen LogP contribution < -0.4 is 27.0 Å². The van der Waals surface area contributed by atoms with Crippen LogP contribution in [0.15, 0.2) is 148 Å². The van der Waals surface area contributed by atoms with Crippen LogP contribution in [0.5, 0.6) is 0 Å². The van der Waals surface area contributed by atoms with E-state index >= 15 is 4.39 Å². The zero-order chi connectivity index (χ0) is 53.9. The van der Waals surface area contributed by atoms with Gasteiger partial charge in [-0.2, -0.15) is 0 Å². The van der Waals surface area contributed by atoms with Crippen molar-refractivity contribution in [2.45, 2.75) is 50.1 Å². The number of nitrogens with zero attached hydrogens (tertiary/aromatic N) is 9. The van der Waals surface area contributed by atoms with Gasteiger partial charge in [-0.05, 0) is 77.5 Å². The summed E-state index contributed by atoms with van der Waals surface area (Å²) in [6.07, 6.45) is 7.38. The topological polar surface area (TPSA) is 234 Å². The van der Waals surface area contributed by atoms with Crippen LogP contribution in [0.25, 0.3) is 22.3 Å². The number of H-pyrrole nitrogens is 2. The van der Waals surface area contributed by atoms with Crippen LogP contribution in [0.4, 0.5) is 36.8 Å². The van der Waals surface area contributed by atoms with Crippen LogP contribution in [-0.2, 0) is 17.4 Å². The van der Waals surface area contributed by atoms with Crippen LogP contribution in [-0.4, -0.2) is 95.2 Å². The molecule has 0 bridgehead atoms. The summed E-state index contributed by atoms with van der Waals surface area (Å²) in [6.45, 7) is 4.00. The average molecular weight is 1130 g/mol. The summed E-state index contributed by atoms with van der Waals surface area (Å²) in [7, 11) is 0. The highest BCUT2D eigenvalue weighted by molar-refractivity contribution is 7.99. The average Bonchev–Trinajstić information content (AvgIpc) is 3.49. The molecule has 2 aliphatic carbocycles. The maximum absolute atomic E-state index is 15.4. The standard InChI is InChI=1S/C32H29ClFN7O2S.C24H23ClFN7S/c33-28-25(10-12-36-29(28)35)44-27-15-37-30-24(38-27)14-26(39-30)40-13-11-20-22(17-40)32(20,21-8-4-5-9-23(21)34)18-41(31(42)43)16-19-6-2-1-3-7-19;25-21-18(5-7-29-22(21)28)34-20-10-30-23-17(31-20)9-19(32-23)33-8-6-13-15(11-33)24(13,12-27)14-3-1-2-4-16(14)26/h1-10,12,14-15,20,22H,11,13,16-18H2,(H2,35,36)(H,37,39)(H,42,43);1-5,7,9-10,13,15H,6,8,11-12,27H2,(H2,28,29)(H,30,32). The number of benzene rings is 3. The number of amides is 1. The molecule has 2 saturated carbocycles. The first kappa shape index (κ1) is 51.5. The van der Waals surface area contributed by atoms with E-state index < -0.39 is 11.5 Å². The van der Waals surface area contributed by atoms with Gasteiger partial charge in [0.1, 0.15) is 56.0 Å². The zero-order valence-corrected chi connectivity index (χ0v) is 44.9. The highest BCUT2D eigenvalue weighted by Crippen LogP contribution is 2.65. The molecule has 0 radical (unpaired) electrons. The maximum Gasteiger partial charge on any atom is 0.407 e. The molecule has 9 N–H and O–H groups in total. The molecule has 13 rings (SSSR count). The smallest absolute Gasteiger partial charge is 0.407 e. The van der Waals surface area contributed by atoms with Gasteiger partial charge in [0.15, 0.2) is 11.3 Å². The number of nitrogens with one attached hydrogen (secondary N) is 2. The number of hydrogen-bond acceptors (Lipinski definition) is 14. The second-order valence-corrected chi connectivity index (χ2v) is 23.1. The van der Waals surface area contributed by atoms with E-state index in [1.165, 1.54) is 40.6 Å². The minimum absolute atomic E-state index is 0.0727. The Balaban J connectivity index is 0.000000161. The number of hydrogen-bond donors (Lipinski definition) is 6. The van der Waals surface area contributed by atoms with Gasteiger partial charge in [-0.15, -0.1) is 0 Å². The third kappa shape index (κ3) is 9.46. The summed E-state index contributed by atoms with van der Waals surface area (Å²) in [4.78, 5) is 53.4. The number of halogens is 4. The Morgan fingerprint density at radius 3 is 1.65 bits per heavy atom. The summed E-state index contributed by atoms with van der Waals surface area (Å²) in [6, 6.07) is 31.0. The Kier molecular flexibility index (Phi) is 13.8. The summed E-state index contributed by atoms with van der Waals surface area (Å²) < 4.78 is 30.1. The number of rotatable bonds is 13. The van der Waals surface area contributed by atoms with Crippen molar-refractivity contribution in [3.05, 3.63) is 166 Å². The number of carbonyl (C=O) groups is 1. The Morgan fingerprint density at radius 2 is 1.15 bits per heavy atom. The molecule has 8 heterocycles. The first-order valence-electron chi connectivity index (χ1n) is 25.4. The number of nitrogen functional groups attached to an aromatic ring is 2. The molecule has 4 aliphatic rings. The molecular weight excluding hydrogens is 1070 g/mol. The first-order chi connectivity index (χ1) is 37.8. The lowest BCUT2D eigenvalue weighted by molar-refractivity contribution is 0.135. The van der Waals surface area contributed by atoms with E-state index in [0.29, 0.717) is 61.7 Å². The van der Waals surface area contributed by atoms with Gasteiger partial charge in [-0.1, -0.05) is 113 Å². The lowest BCUT2D eigenvalue weighted by Crippen LogP contribution is -2.38. The fourth-order valence-corrected chi connectivity index (χ4v) is 14.4. The van der Waals surface area contributed by atoms with Gasteiger partial charge in [0.25, 0.3) is 0 Å². The minimum atomic E-state index is -1.01. The molecule has 9 aromatic rings. The van der Waals surface area contributed by atoms with E-state index in [1.54, 1.807) is 49.1 Å². The van der Waals surface area contributed by atoms with Crippen LogP contribution in [0.3, 0.4) is 0 Å². The fourth-order valence-electron chi connectivity index (χ4n) is 12.4. The van der Waals surface area contributed by atoms with Crippen LogP contribution in [0.2, 0.25) is 10.0 Å². The van der Waals surface area contributed by atoms with E-state index in [0.717, 1.165) is 76.2 Å². The van der Waals surface area contributed by atoms with Crippen LogP contribution in [0, 0.1) is 35.3 Å². The van der Waals surface area contributed by atoms with E-state index in [1.807, 2.05) is 66.7 Å². The Hall–Kier alpha value is -7.23. The molecule has 4 fully saturated rings. The first-order valence-corrected chi connectivity index (χ1v) is 27.8. The van der Waals surface area contributed by atoms with Gasteiger partial charge in [0.2, 0.25) is 0 Å². The SMILES string of the molecule is NCC1(c2ccccc2F)C2CCN(c3cc4nc(Sc5ccnc(N)c5Cl)cnc4[nH]3)CC21.Nc1nccc(Sc2cnc3[nH]c(N4CCC5C(C4)C5(CN(Cc4ccccc4)C(=O)O)c4ccccc4F)cc3n2)c1Cl. The summed E-state index contributed by atoms with van der Waals surface area (Å²) >= 11 is 15.3. The van der Waals surface area contributed by atoms with Crippen molar-refractivity contribution in [3.8, 4) is 0 Å².